The fourth-order valence-corrected chi connectivity index (χ4v) is 1.31. The zero-order valence-electron chi connectivity index (χ0n) is 5.51. The molecule has 1 rings (SSSR count). The summed E-state index contributed by atoms with van der Waals surface area (Å²) in [6.45, 7) is 4.05. The minimum Gasteiger partial charge on any atom is -0.390 e. The monoisotopic (exact) mass is 143 g/mol. The smallest absolute Gasteiger partial charge is 0.0866 e. The third-order valence-electron chi connectivity index (χ3n) is 1.40. The molecule has 0 unspecified atom stereocenters. The van der Waals surface area contributed by atoms with E-state index >= 15 is 0 Å². The standard InChI is InChI=1S/C6H9NOS/c1-4-5(2)9-7-6(4)3-8/h8H,3H2,1-2H3. The number of hydrogen-bond acceptors (Lipinski definition) is 3. The van der Waals surface area contributed by atoms with Crippen LogP contribution in [-0.4, -0.2) is 9.48 Å². The van der Waals surface area contributed by atoms with E-state index in [1.54, 1.807) is 0 Å². The molecule has 0 spiro atoms. The van der Waals surface area contributed by atoms with Crippen LogP contribution in [0.3, 0.4) is 0 Å². The van der Waals surface area contributed by atoms with Crippen LogP contribution in [0.2, 0.25) is 0 Å². The Balaban J connectivity index is 3.04. The van der Waals surface area contributed by atoms with Gasteiger partial charge in [-0.25, -0.2) is 0 Å². The SMILES string of the molecule is Cc1snc(CO)c1C. The van der Waals surface area contributed by atoms with Crippen LogP contribution in [0.15, 0.2) is 0 Å². The molecule has 1 N–H and O–H groups in total. The molecular formula is C6H9NOS. The van der Waals surface area contributed by atoms with Crippen LogP contribution in [0.4, 0.5) is 0 Å². The van der Waals surface area contributed by atoms with Crippen molar-refractivity contribution >= 4 is 11.5 Å². The number of aliphatic hydroxyl groups excluding tert-OH is 1. The van der Waals surface area contributed by atoms with E-state index in [0.29, 0.717) is 0 Å². The molecule has 0 bridgehead atoms. The van der Waals surface area contributed by atoms with Crippen molar-refractivity contribution in [2.45, 2.75) is 20.5 Å². The van der Waals surface area contributed by atoms with Gasteiger partial charge in [0.25, 0.3) is 0 Å². The van der Waals surface area contributed by atoms with E-state index in [0.717, 1.165) is 11.3 Å². The van der Waals surface area contributed by atoms with Gasteiger partial charge < -0.3 is 5.11 Å². The Morgan fingerprint density at radius 3 is 2.44 bits per heavy atom. The first-order chi connectivity index (χ1) is 4.25. The molecule has 0 aliphatic heterocycles. The molecule has 0 aliphatic rings. The van der Waals surface area contributed by atoms with Crippen LogP contribution in [-0.2, 0) is 6.61 Å². The Morgan fingerprint density at radius 1 is 1.56 bits per heavy atom. The Morgan fingerprint density at radius 2 is 2.22 bits per heavy atom. The summed E-state index contributed by atoms with van der Waals surface area (Å²) in [6, 6.07) is 0. The molecule has 0 radical (unpaired) electrons. The third-order valence-corrected chi connectivity index (χ3v) is 2.30. The molecule has 1 aromatic rings. The van der Waals surface area contributed by atoms with Crippen LogP contribution in [0, 0.1) is 13.8 Å². The highest BCUT2D eigenvalue weighted by Gasteiger charge is 2.02. The predicted molar refractivity (Wildman–Crippen MR) is 37.5 cm³/mol. The van der Waals surface area contributed by atoms with Crippen LogP contribution in [0.1, 0.15) is 16.1 Å². The molecule has 9 heavy (non-hydrogen) atoms. The third kappa shape index (κ3) is 1.11. The lowest BCUT2D eigenvalue weighted by atomic mass is 10.2. The number of aromatic nitrogens is 1. The number of hydrogen-bond donors (Lipinski definition) is 1. The molecule has 0 fully saturated rings. The van der Waals surface area contributed by atoms with Gasteiger partial charge in [-0.15, -0.1) is 0 Å². The van der Waals surface area contributed by atoms with Crippen molar-refractivity contribution in [2.24, 2.45) is 0 Å². The fraction of sp³-hybridized carbons (Fsp3) is 0.500. The molecule has 0 aliphatic carbocycles. The predicted octanol–water partition coefficient (Wildman–Crippen LogP) is 1.25. The zero-order valence-corrected chi connectivity index (χ0v) is 6.33. The summed E-state index contributed by atoms with van der Waals surface area (Å²) in [5.41, 5.74) is 1.94. The maximum Gasteiger partial charge on any atom is 0.0866 e. The second-order valence-corrected chi connectivity index (χ2v) is 2.95. The van der Waals surface area contributed by atoms with Gasteiger partial charge in [0.2, 0.25) is 0 Å². The van der Waals surface area contributed by atoms with E-state index in [9.17, 15) is 0 Å². The summed E-state index contributed by atoms with van der Waals surface area (Å²) in [6.07, 6.45) is 0. The molecule has 0 aromatic carbocycles. The van der Waals surface area contributed by atoms with Crippen molar-refractivity contribution in [2.75, 3.05) is 0 Å². The van der Waals surface area contributed by atoms with E-state index in [2.05, 4.69) is 4.37 Å². The van der Waals surface area contributed by atoms with Gasteiger partial charge in [0.1, 0.15) is 0 Å². The van der Waals surface area contributed by atoms with Gasteiger partial charge in [0.05, 0.1) is 12.3 Å². The zero-order chi connectivity index (χ0) is 6.85. The van der Waals surface area contributed by atoms with Gasteiger partial charge in [-0.05, 0) is 30.9 Å². The normalized spacial score (nSPS) is 10.1. The van der Waals surface area contributed by atoms with E-state index < -0.39 is 0 Å². The van der Waals surface area contributed by atoms with E-state index in [-0.39, 0.29) is 6.61 Å². The Labute approximate surface area is 58.3 Å². The average Bonchev–Trinajstić information content (AvgIpc) is 2.15. The van der Waals surface area contributed by atoms with E-state index in [1.165, 1.54) is 16.4 Å². The van der Waals surface area contributed by atoms with Crippen LogP contribution in [0.5, 0.6) is 0 Å². The molecule has 0 saturated heterocycles. The van der Waals surface area contributed by atoms with Crippen LogP contribution >= 0.6 is 11.5 Å². The van der Waals surface area contributed by atoms with Crippen molar-refractivity contribution in [1.82, 2.24) is 4.37 Å². The largest absolute Gasteiger partial charge is 0.390 e. The molecule has 1 heterocycles. The Bertz CT molecular complexity index is 207. The Hall–Kier alpha value is -0.410. The summed E-state index contributed by atoms with van der Waals surface area (Å²) < 4.78 is 4.03. The minimum absolute atomic E-state index is 0.0656. The highest BCUT2D eigenvalue weighted by molar-refractivity contribution is 7.05. The summed E-state index contributed by atoms with van der Waals surface area (Å²) in [4.78, 5) is 1.19. The summed E-state index contributed by atoms with van der Waals surface area (Å²) in [5.74, 6) is 0. The quantitative estimate of drug-likeness (QED) is 0.642. The van der Waals surface area contributed by atoms with Crippen molar-refractivity contribution in [3.05, 3.63) is 16.1 Å². The highest BCUT2D eigenvalue weighted by Crippen LogP contribution is 2.15. The first-order valence-corrected chi connectivity index (χ1v) is 3.55. The van der Waals surface area contributed by atoms with Crippen molar-refractivity contribution in [3.8, 4) is 0 Å². The first kappa shape index (κ1) is 6.71. The van der Waals surface area contributed by atoms with E-state index in [1.807, 2.05) is 13.8 Å². The van der Waals surface area contributed by atoms with Gasteiger partial charge in [0.15, 0.2) is 0 Å². The van der Waals surface area contributed by atoms with Crippen molar-refractivity contribution < 1.29 is 5.11 Å². The number of aliphatic hydroxyl groups is 1. The number of nitrogens with zero attached hydrogens (tertiary/aromatic N) is 1. The van der Waals surface area contributed by atoms with Gasteiger partial charge in [0, 0.05) is 4.88 Å². The lowest BCUT2D eigenvalue weighted by Gasteiger charge is -1.88. The molecule has 0 saturated carbocycles. The fourth-order valence-electron chi connectivity index (χ4n) is 0.611. The minimum atomic E-state index is 0.0656. The lowest BCUT2D eigenvalue weighted by Crippen LogP contribution is -1.84. The second-order valence-electron chi connectivity index (χ2n) is 1.97. The van der Waals surface area contributed by atoms with Gasteiger partial charge in [-0.2, -0.15) is 4.37 Å². The average molecular weight is 143 g/mol. The van der Waals surface area contributed by atoms with Crippen molar-refractivity contribution in [3.63, 3.8) is 0 Å². The topological polar surface area (TPSA) is 33.1 Å². The Kier molecular flexibility index (Phi) is 1.83. The van der Waals surface area contributed by atoms with Crippen LogP contribution in [0.25, 0.3) is 0 Å². The van der Waals surface area contributed by atoms with E-state index in [4.69, 9.17) is 5.11 Å². The maximum absolute atomic E-state index is 8.68. The molecule has 0 amide bonds. The summed E-state index contributed by atoms with van der Waals surface area (Å²) in [5, 5.41) is 8.68. The lowest BCUT2D eigenvalue weighted by molar-refractivity contribution is 0.277. The number of rotatable bonds is 1. The summed E-state index contributed by atoms with van der Waals surface area (Å²) in [7, 11) is 0. The molecular weight excluding hydrogens is 134 g/mol. The highest BCUT2D eigenvalue weighted by atomic mass is 32.1. The summed E-state index contributed by atoms with van der Waals surface area (Å²) >= 11 is 1.45. The van der Waals surface area contributed by atoms with Gasteiger partial charge >= 0.3 is 0 Å². The maximum atomic E-state index is 8.68. The molecule has 1 aromatic heterocycles. The molecule has 0 atom stereocenters. The molecule has 50 valence electrons. The van der Waals surface area contributed by atoms with Gasteiger partial charge in [-0.3, -0.25) is 0 Å². The second kappa shape index (κ2) is 2.45. The molecule has 2 nitrogen and oxygen atoms in total. The number of aryl methyl sites for hydroxylation is 1. The van der Waals surface area contributed by atoms with Crippen molar-refractivity contribution in [1.29, 1.82) is 0 Å². The molecule has 3 heteroatoms. The van der Waals surface area contributed by atoms with Gasteiger partial charge in [-0.1, -0.05) is 0 Å². The van der Waals surface area contributed by atoms with Crippen LogP contribution < -0.4 is 0 Å². The first-order valence-electron chi connectivity index (χ1n) is 2.78.